The fraction of sp³-hybridized carbons (Fsp3) is 0. The smallest absolute Gasteiger partial charge is 0.200 e. The third kappa shape index (κ3) is 1.05. The number of rotatable bonds is 0. The summed E-state index contributed by atoms with van der Waals surface area (Å²) in [6.45, 7) is 0. The minimum Gasteiger partial charge on any atom is -0.219 e. The first kappa shape index (κ1) is 8.02. The van der Waals surface area contributed by atoms with E-state index in [1.165, 1.54) is 12.1 Å². The molecule has 64 valence electrons. The van der Waals surface area contributed by atoms with Gasteiger partial charge in [0, 0.05) is 11.0 Å². The molecule has 0 aromatic heterocycles. The fourth-order valence-electron chi connectivity index (χ4n) is 1.29. The molecule has 1 aromatic rings. The minimum absolute atomic E-state index is 0.228. The van der Waals surface area contributed by atoms with Crippen LogP contribution in [0.2, 0.25) is 0 Å². The van der Waals surface area contributed by atoms with Crippen molar-refractivity contribution in [2.75, 3.05) is 0 Å². The van der Waals surface area contributed by atoms with Crippen LogP contribution in [-0.2, 0) is 9.84 Å². The van der Waals surface area contributed by atoms with E-state index in [1.807, 2.05) is 6.07 Å². The monoisotopic (exact) mass is 191 g/mol. The van der Waals surface area contributed by atoms with Gasteiger partial charge >= 0.3 is 0 Å². The van der Waals surface area contributed by atoms with Crippen molar-refractivity contribution in [3.05, 3.63) is 34.7 Å². The number of hydrogen-bond donors (Lipinski definition) is 0. The third-order valence-electron chi connectivity index (χ3n) is 1.91. The molecule has 1 aliphatic heterocycles. The number of fused-ring (bicyclic) bond motifs is 1. The first-order chi connectivity index (χ1) is 6.15. The van der Waals surface area contributed by atoms with Gasteiger partial charge in [0.15, 0.2) is 9.84 Å². The summed E-state index contributed by atoms with van der Waals surface area (Å²) in [5.41, 5.74) is 0.903. The highest BCUT2D eigenvalue weighted by Gasteiger charge is 2.22. The summed E-state index contributed by atoms with van der Waals surface area (Å²) >= 11 is 0. The van der Waals surface area contributed by atoms with Gasteiger partial charge in [-0.15, -0.1) is 0 Å². The molecule has 3 nitrogen and oxygen atoms in total. The Kier molecular flexibility index (Phi) is 1.51. The SMILES string of the molecule is N#Cc1cccc2c1C=CS2(=O)=O. The second-order valence-corrected chi connectivity index (χ2v) is 4.48. The molecule has 13 heavy (non-hydrogen) atoms. The van der Waals surface area contributed by atoms with Crippen molar-refractivity contribution >= 4 is 15.9 Å². The van der Waals surface area contributed by atoms with E-state index in [9.17, 15) is 8.42 Å². The molecule has 1 aromatic carbocycles. The predicted octanol–water partition coefficient (Wildman–Crippen LogP) is 1.32. The summed E-state index contributed by atoms with van der Waals surface area (Å²) in [5.74, 6) is 0. The maximum atomic E-state index is 11.3. The van der Waals surface area contributed by atoms with Gasteiger partial charge in [0.25, 0.3) is 0 Å². The molecule has 0 N–H and O–H groups in total. The van der Waals surface area contributed by atoms with Crippen molar-refractivity contribution in [2.24, 2.45) is 0 Å². The Balaban J connectivity index is 2.86. The third-order valence-corrected chi connectivity index (χ3v) is 3.37. The molecular weight excluding hydrogens is 186 g/mol. The normalized spacial score (nSPS) is 16.5. The average molecular weight is 191 g/mol. The van der Waals surface area contributed by atoms with Crippen LogP contribution in [0.3, 0.4) is 0 Å². The predicted molar refractivity (Wildman–Crippen MR) is 47.4 cm³/mol. The summed E-state index contributed by atoms with van der Waals surface area (Å²) in [4.78, 5) is 0.228. The van der Waals surface area contributed by atoms with E-state index >= 15 is 0 Å². The van der Waals surface area contributed by atoms with Crippen molar-refractivity contribution in [2.45, 2.75) is 4.90 Å². The molecule has 1 heterocycles. The van der Waals surface area contributed by atoms with Crippen molar-refractivity contribution in [1.82, 2.24) is 0 Å². The molecule has 4 heteroatoms. The number of nitrogens with zero attached hydrogens (tertiary/aromatic N) is 1. The van der Waals surface area contributed by atoms with Crippen molar-refractivity contribution < 1.29 is 8.42 Å². The van der Waals surface area contributed by atoms with Gasteiger partial charge < -0.3 is 0 Å². The van der Waals surface area contributed by atoms with E-state index in [0.717, 1.165) is 5.41 Å². The van der Waals surface area contributed by atoms with Crippen LogP contribution in [0.5, 0.6) is 0 Å². The molecular formula is C9H5NO2S. The molecule has 0 spiro atoms. The van der Waals surface area contributed by atoms with Gasteiger partial charge in [-0.05, 0) is 18.2 Å². The number of sulfone groups is 1. The minimum atomic E-state index is -3.27. The second kappa shape index (κ2) is 2.44. The van der Waals surface area contributed by atoms with Gasteiger partial charge in [-0.3, -0.25) is 0 Å². The zero-order valence-electron chi connectivity index (χ0n) is 6.56. The highest BCUT2D eigenvalue weighted by atomic mass is 32.2. The fourth-order valence-corrected chi connectivity index (χ4v) is 2.51. The highest BCUT2D eigenvalue weighted by molar-refractivity contribution is 7.94. The summed E-state index contributed by atoms with van der Waals surface area (Å²) in [6.07, 6.45) is 1.46. The lowest BCUT2D eigenvalue weighted by atomic mass is 10.1. The molecule has 1 aliphatic rings. The molecule has 0 bridgehead atoms. The van der Waals surface area contributed by atoms with Crippen LogP contribution in [0.4, 0.5) is 0 Å². The van der Waals surface area contributed by atoms with E-state index < -0.39 is 9.84 Å². The van der Waals surface area contributed by atoms with E-state index in [1.54, 1.807) is 12.1 Å². The first-order valence-corrected chi connectivity index (χ1v) is 5.16. The van der Waals surface area contributed by atoms with Crippen LogP contribution in [-0.4, -0.2) is 8.42 Å². The molecule has 0 saturated carbocycles. The second-order valence-electron chi connectivity index (χ2n) is 2.68. The molecule has 0 saturated heterocycles. The van der Waals surface area contributed by atoms with Gasteiger partial charge in [-0.25, -0.2) is 8.42 Å². The molecule has 0 radical (unpaired) electrons. The zero-order chi connectivity index (χ0) is 9.47. The Hall–Kier alpha value is -1.60. The quantitative estimate of drug-likeness (QED) is 0.621. The molecule has 0 unspecified atom stereocenters. The van der Waals surface area contributed by atoms with Gasteiger partial charge in [-0.1, -0.05) is 6.07 Å². The summed E-state index contributed by atoms with van der Waals surface area (Å²) < 4.78 is 22.6. The molecule has 0 atom stereocenters. The Bertz CT molecular complexity index is 535. The van der Waals surface area contributed by atoms with Gasteiger partial charge in [0.1, 0.15) is 0 Å². The van der Waals surface area contributed by atoms with Crippen LogP contribution in [0.25, 0.3) is 6.08 Å². The van der Waals surface area contributed by atoms with Crippen LogP contribution in [0, 0.1) is 11.3 Å². The van der Waals surface area contributed by atoms with Crippen LogP contribution in [0.15, 0.2) is 28.5 Å². The van der Waals surface area contributed by atoms with E-state index in [2.05, 4.69) is 0 Å². The lowest BCUT2D eigenvalue weighted by Crippen LogP contribution is -1.94. The van der Waals surface area contributed by atoms with Crippen molar-refractivity contribution in [3.8, 4) is 6.07 Å². The largest absolute Gasteiger partial charge is 0.219 e. The van der Waals surface area contributed by atoms with Gasteiger partial charge in [0.2, 0.25) is 0 Å². The zero-order valence-corrected chi connectivity index (χ0v) is 7.38. The van der Waals surface area contributed by atoms with Crippen LogP contribution < -0.4 is 0 Å². The molecule has 0 fully saturated rings. The van der Waals surface area contributed by atoms with Gasteiger partial charge in [0.05, 0.1) is 16.5 Å². The lowest BCUT2D eigenvalue weighted by molar-refractivity contribution is 0.605. The standard InChI is InChI=1S/C9H5NO2S/c10-6-7-2-1-3-9-8(7)4-5-13(9,11)12/h1-5H. The maximum absolute atomic E-state index is 11.3. The number of hydrogen-bond acceptors (Lipinski definition) is 3. The number of nitriles is 1. The van der Waals surface area contributed by atoms with E-state index in [-0.39, 0.29) is 4.90 Å². The summed E-state index contributed by atoms with van der Waals surface area (Å²) in [5, 5.41) is 9.82. The maximum Gasteiger partial charge on any atom is 0.200 e. The Morgan fingerprint density at radius 2 is 2.08 bits per heavy atom. The summed E-state index contributed by atoms with van der Waals surface area (Å²) in [6, 6.07) is 6.63. The van der Waals surface area contributed by atoms with Crippen molar-refractivity contribution in [3.63, 3.8) is 0 Å². The molecule has 0 amide bonds. The number of benzene rings is 1. The van der Waals surface area contributed by atoms with E-state index in [4.69, 9.17) is 5.26 Å². The summed E-state index contributed by atoms with van der Waals surface area (Å²) in [7, 11) is -3.27. The topological polar surface area (TPSA) is 57.9 Å². The Morgan fingerprint density at radius 3 is 2.77 bits per heavy atom. The van der Waals surface area contributed by atoms with Crippen molar-refractivity contribution in [1.29, 1.82) is 5.26 Å². The van der Waals surface area contributed by atoms with E-state index in [0.29, 0.717) is 11.1 Å². The highest BCUT2D eigenvalue weighted by Crippen LogP contribution is 2.28. The van der Waals surface area contributed by atoms with Gasteiger partial charge in [-0.2, -0.15) is 5.26 Å². The van der Waals surface area contributed by atoms with Crippen LogP contribution in [0.1, 0.15) is 11.1 Å². The lowest BCUT2D eigenvalue weighted by Gasteiger charge is -1.98. The Morgan fingerprint density at radius 1 is 1.31 bits per heavy atom. The molecule has 0 aliphatic carbocycles. The Labute approximate surface area is 75.8 Å². The first-order valence-electron chi connectivity index (χ1n) is 3.61. The molecule has 2 rings (SSSR count). The van der Waals surface area contributed by atoms with Crippen LogP contribution >= 0.6 is 0 Å². The average Bonchev–Trinajstić information content (AvgIpc) is 2.43.